The molecule has 2 bridgehead atoms. The Labute approximate surface area is 294 Å². The summed E-state index contributed by atoms with van der Waals surface area (Å²) in [6.07, 6.45) is 3.55. The molecule has 7 atom stereocenters. The number of nitrogens with one attached hydrogen (secondary N) is 1. The van der Waals surface area contributed by atoms with Gasteiger partial charge in [0.05, 0.1) is 30.6 Å². The summed E-state index contributed by atoms with van der Waals surface area (Å²) >= 11 is 0. The maximum Gasteiger partial charge on any atom is 0.313 e. The molecule has 268 valence electrons. The average molecular weight is 688 g/mol. The lowest BCUT2D eigenvalue weighted by molar-refractivity contribution is -0.163. The van der Waals surface area contributed by atoms with Gasteiger partial charge in [-0.1, -0.05) is 60.7 Å². The second-order valence-electron chi connectivity index (χ2n) is 13.4. The van der Waals surface area contributed by atoms with Crippen LogP contribution in [0.4, 0.5) is 5.69 Å². The molecule has 0 aromatic heterocycles. The van der Waals surface area contributed by atoms with Gasteiger partial charge in [0.25, 0.3) is 5.91 Å². The number of likely N-dealkylation sites (tertiary alicyclic amines) is 1. The number of aliphatic hydroxyl groups is 1. The van der Waals surface area contributed by atoms with Crippen LogP contribution in [0, 0.1) is 25.7 Å². The Balaban J connectivity index is 1.50. The van der Waals surface area contributed by atoms with Crippen molar-refractivity contribution in [1.29, 1.82) is 0 Å². The first kappa shape index (κ1) is 36.9. The number of allylic oxidation sites excluding steroid dienone is 1. The van der Waals surface area contributed by atoms with E-state index in [1.165, 1.54) is 12.0 Å². The number of benzene rings is 2. The van der Waals surface area contributed by atoms with Crippen molar-refractivity contribution in [3.63, 3.8) is 0 Å². The summed E-state index contributed by atoms with van der Waals surface area (Å²) in [6.45, 7) is 11.7. The lowest BCUT2D eigenvalue weighted by Gasteiger charge is -2.37. The highest BCUT2D eigenvalue weighted by molar-refractivity contribution is 6.05. The highest BCUT2D eigenvalue weighted by Gasteiger charge is 2.75. The monoisotopic (exact) mass is 687 g/mol. The van der Waals surface area contributed by atoms with Gasteiger partial charge in [0.1, 0.15) is 17.7 Å². The van der Waals surface area contributed by atoms with Crippen molar-refractivity contribution in [3.05, 3.63) is 90.5 Å². The van der Waals surface area contributed by atoms with Crippen molar-refractivity contribution in [2.45, 2.75) is 75.8 Å². The molecule has 0 radical (unpaired) electrons. The third-order valence-corrected chi connectivity index (χ3v) is 10.2. The normalized spacial score (nSPS) is 24.7. The number of ether oxygens (including phenoxy) is 3. The van der Waals surface area contributed by atoms with Gasteiger partial charge in [0.15, 0.2) is 0 Å². The molecular formula is C39H49N3O8. The zero-order valence-corrected chi connectivity index (χ0v) is 29.2. The van der Waals surface area contributed by atoms with E-state index in [0.717, 1.165) is 16.8 Å². The van der Waals surface area contributed by atoms with Gasteiger partial charge in [-0.05, 0) is 56.2 Å². The molecule has 3 fully saturated rings. The van der Waals surface area contributed by atoms with Crippen LogP contribution >= 0.6 is 0 Å². The van der Waals surface area contributed by atoms with E-state index in [-0.39, 0.29) is 56.9 Å². The minimum atomic E-state index is -1.26. The maximum absolute atomic E-state index is 14.8. The molecular weight excluding hydrogens is 638 g/mol. The number of carbonyl (C=O) groups excluding carboxylic acids is 4. The molecule has 11 nitrogen and oxygen atoms in total. The number of nitrogens with zero attached hydrogens (tertiary/aromatic N) is 2. The van der Waals surface area contributed by atoms with Crippen LogP contribution in [-0.4, -0.2) is 90.9 Å². The Morgan fingerprint density at radius 1 is 1.12 bits per heavy atom. The Morgan fingerprint density at radius 2 is 1.84 bits per heavy atom. The summed E-state index contributed by atoms with van der Waals surface area (Å²) in [4.78, 5) is 59.7. The second kappa shape index (κ2) is 16.1. The number of hydrogen-bond acceptors (Lipinski definition) is 8. The van der Waals surface area contributed by atoms with E-state index in [1.807, 2.05) is 62.4 Å². The smallest absolute Gasteiger partial charge is 0.313 e. The molecule has 3 amide bonds. The number of methoxy groups -OCH3 is 1. The van der Waals surface area contributed by atoms with Crippen LogP contribution in [0.2, 0.25) is 0 Å². The molecule has 3 saturated heterocycles. The molecule has 0 aliphatic carbocycles. The van der Waals surface area contributed by atoms with E-state index in [1.54, 1.807) is 17.1 Å². The fourth-order valence-electron chi connectivity index (χ4n) is 8.11. The van der Waals surface area contributed by atoms with Gasteiger partial charge in [-0.3, -0.25) is 19.2 Å². The molecule has 1 spiro atoms. The van der Waals surface area contributed by atoms with E-state index in [0.29, 0.717) is 24.8 Å². The molecule has 2 N–H and O–H groups in total. The second-order valence-corrected chi connectivity index (χ2v) is 13.4. The van der Waals surface area contributed by atoms with Crippen LogP contribution in [0.25, 0.3) is 0 Å². The lowest BCUT2D eigenvalue weighted by atomic mass is 9.70. The van der Waals surface area contributed by atoms with Gasteiger partial charge in [0, 0.05) is 38.9 Å². The summed E-state index contributed by atoms with van der Waals surface area (Å²) < 4.78 is 18.4. The van der Waals surface area contributed by atoms with Crippen molar-refractivity contribution in [3.8, 4) is 0 Å². The van der Waals surface area contributed by atoms with Gasteiger partial charge in [-0.2, -0.15) is 0 Å². The van der Waals surface area contributed by atoms with Crippen molar-refractivity contribution in [2.24, 2.45) is 11.8 Å². The first-order valence-corrected chi connectivity index (χ1v) is 17.4. The van der Waals surface area contributed by atoms with Gasteiger partial charge < -0.3 is 34.4 Å². The van der Waals surface area contributed by atoms with Gasteiger partial charge in [0.2, 0.25) is 11.8 Å². The third-order valence-electron chi connectivity index (χ3n) is 10.2. The Hall–Kier alpha value is -4.32. The number of hydrogen-bond donors (Lipinski definition) is 2. The number of aliphatic hydroxyl groups excluding tert-OH is 1. The minimum Gasteiger partial charge on any atom is -0.455 e. The summed E-state index contributed by atoms with van der Waals surface area (Å²) in [6, 6.07) is 13.1. The standard InChI is InChI=1S/C39H49N3O8/c1-6-8-18-30(44)40-28(24-48-5)34(27-16-10-9-11-17-27)49-38(47)31-29-19-20-39(50-29)32(31)36(45)42(22-13-23-43)35(39)37(46)41(21-7-2)33-25(3)14-12-15-26(33)4/h6-7,9-12,14-17,28-29,31-32,34-35,43H,1-2,8,13,18-24H2,3-5H3,(H,40,44)/t28-,29-,31+,32+,34-,35-,39+/m0/s1. The number of carbonyl (C=O) groups is 4. The van der Waals surface area contributed by atoms with Crippen LogP contribution in [0.1, 0.15) is 54.9 Å². The number of amides is 3. The summed E-state index contributed by atoms with van der Waals surface area (Å²) in [5.41, 5.74) is 1.91. The van der Waals surface area contributed by atoms with Gasteiger partial charge in [-0.25, -0.2) is 0 Å². The predicted molar refractivity (Wildman–Crippen MR) is 188 cm³/mol. The van der Waals surface area contributed by atoms with E-state index in [2.05, 4.69) is 18.5 Å². The first-order valence-electron chi connectivity index (χ1n) is 17.4. The van der Waals surface area contributed by atoms with Gasteiger partial charge >= 0.3 is 5.97 Å². The number of fused-ring (bicyclic) bond motifs is 1. The minimum absolute atomic E-state index is 0.0620. The topological polar surface area (TPSA) is 135 Å². The van der Waals surface area contributed by atoms with E-state index < -0.39 is 47.7 Å². The molecule has 5 rings (SSSR count). The zero-order valence-electron chi connectivity index (χ0n) is 29.2. The molecule has 11 heteroatoms. The van der Waals surface area contributed by atoms with Crippen LogP contribution in [0.15, 0.2) is 73.8 Å². The average Bonchev–Trinajstić information content (AvgIpc) is 3.75. The van der Waals surface area contributed by atoms with E-state index in [4.69, 9.17) is 14.2 Å². The number of para-hydroxylation sites is 1. The number of aryl methyl sites for hydroxylation is 2. The summed E-state index contributed by atoms with van der Waals surface area (Å²) in [5, 5.41) is 12.7. The highest BCUT2D eigenvalue weighted by atomic mass is 16.6. The number of rotatable bonds is 17. The van der Waals surface area contributed by atoms with Crippen molar-refractivity contribution >= 4 is 29.4 Å². The molecule has 0 saturated carbocycles. The van der Waals surface area contributed by atoms with Gasteiger partial charge in [-0.15, -0.1) is 13.2 Å². The lowest BCUT2D eigenvalue weighted by Crippen LogP contribution is -2.56. The third kappa shape index (κ3) is 6.99. The van der Waals surface area contributed by atoms with E-state index >= 15 is 0 Å². The zero-order chi connectivity index (χ0) is 36.0. The van der Waals surface area contributed by atoms with Crippen molar-refractivity contribution < 1.29 is 38.5 Å². The SMILES string of the molecule is C=CCCC(=O)N[C@@H](COC)[C@@H](OC(=O)[C@@H]1[C@@H]2CC[C@]3(O2)[C@H](C(=O)N(CC=C)c2c(C)cccc2C)N(CCCO)C(=O)[C@@H]13)c1ccccc1. The van der Waals surface area contributed by atoms with Crippen molar-refractivity contribution in [1.82, 2.24) is 10.2 Å². The Bertz CT molecular complexity index is 1560. The van der Waals surface area contributed by atoms with E-state index in [9.17, 15) is 24.3 Å². The Kier molecular flexibility index (Phi) is 11.9. The van der Waals surface area contributed by atoms with Crippen LogP contribution in [-0.2, 0) is 33.4 Å². The summed E-state index contributed by atoms with van der Waals surface area (Å²) in [7, 11) is 1.50. The quantitative estimate of drug-likeness (QED) is 0.189. The number of anilines is 1. The fraction of sp³-hybridized carbons (Fsp3) is 0.487. The molecule has 3 aliphatic heterocycles. The molecule has 3 aliphatic rings. The largest absolute Gasteiger partial charge is 0.455 e. The summed E-state index contributed by atoms with van der Waals surface area (Å²) in [5.74, 6) is -3.53. The highest BCUT2D eigenvalue weighted by Crippen LogP contribution is 2.59. The van der Waals surface area contributed by atoms with Crippen molar-refractivity contribution in [2.75, 3.05) is 38.3 Å². The number of esters is 1. The van der Waals surface area contributed by atoms with Crippen LogP contribution < -0.4 is 10.2 Å². The molecule has 3 heterocycles. The van der Waals surface area contributed by atoms with Crippen LogP contribution in [0.5, 0.6) is 0 Å². The molecule has 0 unspecified atom stereocenters. The first-order chi connectivity index (χ1) is 24.1. The predicted octanol–water partition coefficient (Wildman–Crippen LogP) is 3.96. The molecule has 2 aromatic carbocycles. The molecule has 2 aromatic rings. The molecule has 50 heavy (non-hydrogen) atoms. The Morgan fingerprint density at radius 3 is 2.48 bits per heavy atom. The fourth-order valence-corrected chi connectivity index (χ4v) is 8.11. The van der Waals surface area contributed by atoms with Crippen LogP contribution in [0.3, 0.4) is 0 Å². The maximum atomic E-state index is 14.8.